The van der Waals surface area contributed by atoms with E-state index in [4.69, 9.17) is 4.74 Å². The predicted molar refractivity (Wildman–Crippen MR) is 56.0 cm³/mol. The molecule has 0 aromatic carbocycles. The molecule has 1 aliphatic rings. The molecule has 2 atom stereocenters. The fourth-order valence-electron chi connectivity index (χ4n) is 1.86. The van der Waals surface area contributed by atoms with Gasteiger partial charge in [-0.3, -0.25) is 4.79 Å². The molecule has 0 aromatic rings. The highest BCUT2D eigenvalue weighted by molar-refractivity contribution is 5.75. The van der Waals surface area contributed by atoms with Crippen LogP contribution in [0.15, 0.2) is 0 Å². The Bertz CT molecular complexity index is 186. The molecule has 14 heavy (non-hydrogen) atoms. The molecule has 0 aromatic heterocycles. The predicted octanol–water partition coefficient (Wildman–Crippen LogP) is 1.72. The summed E-state index contributed by atoms with van der Waals surface area (Å²) in [5, 5.41) is 3.04. The van der Waals surface area contributed by atoms with Crippen LogP contribution in [0.5, 0.6) is 0 Å². The van der Waals surface area contributed by atoms with Crippen LogP contribution in [0.4, 0.5) is 0 Å². The van der Waals surface area contributed by atoms with Crippen LogP contribution in [0.25, 0.3) is 0 Å². The number of nitrogens with one attached hydrogen (secondary N) is 1. The molecule has 0 spiro atoms. The number of hydrogen-bond donors (Lipinski definition) is 1. The molecule has 82 valence electrons. The summed E-state index contributed by atoms with van der Waals surface area (Å²) in [4.78, 5) is 11.3. The molecule has 1 saturated heterocycles. The van der Waals surface area contributed by atoms with Crippen LogP contribution >= 0.6 is 0 Å². The zero-order valence-electron chi connectivity index (χ0n) is 9.38. The lowest BCUT2D eigenvalue weighted by molar-refractivity contribution is -0.122. The topological polar surface area (TPSA) is 38.3 Å². The van der Waals surface area contributed by atoms with Crippen molar-refractivity contribution in [2.24, 2.45) is 5.92 Å². The van der Waals surface area contributed by atoms with Gasteiger partial charge in [0.05, 0.1) is 12.1 Å². The number of carbonyl (C=O) groups excluding carboxylic acids is 1. The van der Waals surface area contributed by atoms with Crippen molar-refractivity contribution in [3.8, 4) is 0 Å². The first-order chi connectivity index (χ1) is 6.65. The summed E-state index contributed by atoms with van der Waals surface area (Å²) in [5.41, 5.74) is 0. The van der Waals surface area contributed by atoms with Crippen molar-refractivity contribution in [1.29, 1.82) is 0 Å². The van der Waals surface area contributed by atoms with Gasteiger partial charge >= 0.3 is 0 Å². The molecule has 1 fully saturated rings. The smallest absolute Gasteiger partial charge is 0.220 e. The molecular weight excluding hydrogens is 178 g/mol. The molecule has 3 nitrogen and oxygen atoms in total. The van der Waals surface area contributed by atoms with Crippen LogP contribution in [0.2, 0.25) is 0 Å². The van der Waals surface area contributed by atoms with Gasteiger partial charge in [-0.1, -0.05) is 20.8 Å². The van der Waals surface area contributed by atoms with E-state index < -0.39 is 0 Å². The van der Waals surface area contributed by atoms with Crippen LogP contribution in [-0.2, 0) is 9.53 Å². The maximum absolute atomic E-state index is 11.3. The zero-order valence-corrected chi connectivity index (χ0v) is 9.38. The van der Waals surface area contributed by atoms with Gasteiger partial charge in [0.15, 0.2) is 0 Å². The van der Waals surface area contributed by atoms with Crippen molar-refractivity contribution in [2.45, 2.75) is 52.2 Å². The monoisotopic (exact) mass is 199 g/mol. The minimum atomic E-state index is 0.124. The van der Waals surface area contributed by atoms with E-state index in [1.165, 1.54) is 0 Å². The summed E-state index contributed by atoms with van der Waals surface area (Å²) in [6, 6.07) is 0.185. The third-order valence-electron chi connectivity index (χ3n) is 2.73. The van der Waals surface area contributed by atoms with Crippen molar-refractivity contribution in [2.75, 3.05) is 6.61 Å². The lowest BCUT2D eigenvalue weighted by Gasteiger charge is -2.27. The molecule has 0 saturated carbocycles. The van der Waals surface area contributed by atoms with Gasteiger partial charge in [-0.25, -0.2) is 0 Å². The van der Waals surface area contributed by atoms with E-state index in [-0.39, 0.29) is 18.1 Å². The quantitative estimate of drug-likeness (QED) is 0.748. The summed E-state index contributed by atoms with van der Waals surface area (Å²) < 4.78 is 5.61. The Morgan fingerprint density at radius 2 is 2.29 bits per heavy atom. The van der Waals surface area contributed by atoms with Gasteiger partial charge in [-0.05, 0) is 18.8 Å². The molecule has 1 rings (SSSR count). The zero-order chi connectivity index (χ0) is 10.6. The van der Waals surface area contributed by atoms with E-state index in [2.05, 4.69) is 19.2 Å². The average Bonchev–Trinajstić information content (AvgIpc) is 2.65. The second kappa shape index (κ2) is 5.35. The van der Waals surface area contributed by atoms with Gasteiger partial charge in [-0.2, -0.15) is 0 Å². The van der Waals surface area contributed by atoms with Crippen molar-refractivity contribution in [3.05, 3.63) is 0 Å². The fourth-order valence-corrected chi connectivity index (χ4v) is 1.86. The number of carbonyl (C=O) groups is 1. The summed E-state index contributed by atoms with van der Waals surface area (Å²) >= 11 is 0. The van der Waals surface area contributed by atoms with Crippen molar-refractivity contribution >= 4 is 5.91 Å². The number of amides is 1. The third kappa shape index (κ3) is 2.98. The summed E-state index contributed by atoms with van der Waals surface area (Å²) in [6.45, 7) is 6.97. The number of rotatable bonds is 4. The van der Waals surface area contributed by atoms with Gasteiger partial charge < -0.3 is 10.1 Å². The highest BCUT2D eigenvalue weighted by atomic mass is 16.5. The van der Waals surface area contributed by atoms with Gasteiger partial charge in [-0.15, -0.1) is 0 Å². The summed E-state index contributed by atoms with van der Waals surface area (Å²) in [6.07, 6.45) is 2.98. The first-order valence-electron chi connectivity index (χ1n) is 5.56. The standard InChI is InChI=1S/C11H21NO2/c1-4-10(13)12-11(8(2)3)9-6-5-7-14-9/h8-9,11H,4-7H2,1-3H3,(H,12,13)/t9-,11+/m0/s1. The second-order valence-electron chi connectivity index (χ2n) is 4.24. The molecule has 1 heterocycles. The Morgan fingerprint density at radius 3 is 2.71 bits per heavy atom. The first kappa shape index (κ1) is 11.5. The molecule has 0 unspecified atom stereocenters. The highest BCUT2D eigenvalue weighted by Crippen LogP contribution is 2.20. The maximum Gasteiger partial charge on any atom is 0.220 e. The second-order valence-corrected chi connectivity index (χ2v) is 4.24. The van der Waals surface area contributed by atoms with Gasteiger partial charge in [0.2, 0.25) is 5.91 Å². The van der Waals surface area contributed by atoms with E-state index in [0.29, 0.717) is 12.3 Å². The normalized spacial score (nSPS) is 23.9. The van der Waals surface area contributed by atoms with E-state index in [1.54, 1.807) is 0 Å². The Morgan fingerprint density at radius 1 is 1.57 bits per heavy atom. The van der Waals surface area contributed by atoms with Crippen LogP contribution in [0.3, 0.4) is 0 Å². The average molecular weight is 199 g/mol. The van der Waals surface area contributed by atoms with Gasteiger partial charge in [0.25, 0.3) is 0 Å². The minimum Gasteiger partial charge on any atom is -0.376 e. The molecule has 0 radical (unpaired) electrons. The van der Waals surface area contributed by atoms with Crippen LogP contribution < -0.4 is 5.32 Å². The van der Waals surface area contributed by atoms with Gasteiger partial charge in [0.1, 0.15) is 0 Å². The summed E-state index contributed by atoms with van der Waals surface area (Å²) in [7, 11) is 0. The van der Waals surface area contributed by atoms with E-state index in [9.17, 15) is 4.79 Å². The van der Waals surface area contributed by atoms with E-state index in [1.807, 2.05) is 6.92 Å². The molecule has 1 amide bonds. The lowest BCUT2D eigenvalue weighted by atomic mass is 9.96. The Kier molecular flexibility index (Phi) is 4.39. The molecule has 0 bridgehead atoms. The molecular formula is C11H21NO2. The Hall–Kier alpha value is -0.570. The number of hydrogen-bond acceptors (Lipinski definition) is 2. The molecule has 1 aliphatic heterocycles. The minimum absolute atomic E-state index is 0.124. The highest BCUT2D eigenvalue weighted by Gasteiger charge is 2.29. The number of ether oxygens (including phenoxy) is 1. The van der Waals surface area contributed by atoms with Crippen molar-refractivity contribution < 1.29 is 9.53 Å². The SMILES string of the molecule is CCC(=O)N[C@H](C(C)C)[C@@H]1CCCO1. The maximum atomic E-state index is 11.3. The fraction of sp³-hybridized carbons (Fsp3) is 0.909. The summed E-state index contributed by atoms with van der Waals surface area (Å²) in [5.74, 6) is 0.563. The Balaban J connectivity index is 2.49. The van der Waals surface area contributed by atoms with Crippen LogP contribution in [0.1, 0.15) is 40.0 Å². The molecule has 1 N–H and O–H groups in total. The van der Waals surface area contributed by atoms with E-state index in [0.717, 1.165) is 19.4 Å². The molecule has 0 aliphatic carbocycles. The van der Waals surface area contributed by atoms with Crippen LogP contribution in [0, 0.1) is 5.92 Å². The van der Waals surface area contributed by atoms with Crippen LogP contribution in [-0.4, -0.2) is 24.7 Å². The van der Waals surface area contributed by atoms with Crippen molar-refractivity contribution in [3.63, 3.8) is 0 Å². The lowest BCUT2D eigenvalue weighted by Crippen LogP contribution is -2.46. The largest absolute Gasteiger partial charge is 0.376 e. The third-order valence-corrected chi connectivity index (χ3v) is 2.73. The van der Waals surface area contributed by atoms with Crippen molar-refractivity contribution in [1.82, 2.24) is 5.32 Å². The Labute approximate surface area is 86.2 Å². The van der Waals surface area contributed by atoms with E-state index >= 15 is 0 Å². The first-order valence-corrected chi connectivity index (χ1v) is 5.56. The van der Waals surface area contributed by atoms with Gasteiger partial charge in [0, 0.05) is 13.0 Å². The molecule has 3 heteroatoms.